The van der Waals surface area contributed by atoms with Crippen LogP contribution in [0.4, 0.5) is 0 Å². The zero-order valence-corrected chi connectivity index (χ0v) is 10.1. The molecule has 0 saturated heterocycles. The Balaban J connectivity index is 2.94. The summed E-state index contributed by atoms with van der Waals surface area (Å²) in [5.74, 6) is 1.53. The minimum atomic E-state index is 0.749. The highest BCUT2D eigenvalue weighted by Crippen LogP contribution is 2.33. The average molecular weight is 218 g/mol. The van der Waals surface area contributed by atoms with Gasteiger partial charge >= 0.3 is 5.88 Å². The van der Waals surface area contributed by atoms with Crippen LogP contribution >= 0.6 is 0 Å². The molecule has 0 spiro atoms. The van der Waals surface area contributed by atoms with Crippen LogP contribution < -0.4 is 14.0 Å². The lowest BCUT2D eigenvalue weighted by atomic mass is 10.1. The van der Waals surface area contributed by atoms with Crippen molar-refractivity contribution in [3.8, 4) is 11.6 Å². The largest absolute Gasteiger partial charge is 0.487 e. The topological polar surface area (TPSA) is 22.3 Å². The number of ether oxygens (including phenoxy) is 2. The third kappa shape index (κ3) is 1.40. The number of hydrogen-bond donors (Lipinski definition) is 0. The second-order valence-corrected chi connectivity index (χ2v) is 3.73. The van der Waals surface area contributed by atoms with E-state index in [1.54, 1.807) is 14.2 Å². The first-order chi connectivity index (χ1) is 7.70. The second kappa shape index (κ2) is 4.00. The van der Waals surface area contributed by atoms with E-state index in [4.69, 9.17) is 9.47 Å². The fraction of sp³-hybridized carbons (Fsp3) is 0.308. The molecule has 0 unspecified atom stereocenters. The molecule has 1 aromatic heterocycles. The van der Waals surface area contributed by atoms with Crippen molar-refractivity contribution in [2.24, 2.45) is 7.05 Å². The molecule has 2 aromatic rings. The zero-order valence-electron chi connectivity index (χ0n) is 10.1. The van der Waals surface area contributed by atoms with Crippen molar-refractivity contribution < 1.29 is 14.0 Å². The van der Waals surface area contributed by atoms with Crippen LogP contribution in [0, 0.1) is 6.92 Å². The number of aromatic nitrogens is 1. The first-order valence-corrected chi connectivity index (χ1v) is 5.20. The Hall–Kier alpha value is -1.77. The van der Waals surface area contributed by atoms with Gasteiger partial charge in [-0.15, -0.1) is 0 Å². The van der Waals surface area contributed by atoms with Gasteiger partial charge in [-0.3, -0.25) is 0 Å². The summed E-state index contributed by atoms with van der Waals surface area (Å²) in [6, 6.07) is 8.17. The molecule has 3 nitrogen and oxygen atoms in total. The maximum absolute atomic E-state index is 5.44. The molecule has 0 radical (unpaired) electrons. The molecule has 3 heteroatoms. The summed E-state index contributed by atoms with van der Waals surface area (Å²) in [6.45, 7) is 2.07. The van der Waals surface area contributed by atoms with Crippen LogP contribution in [0.3, 0.4) is 0 Å². The molecule has 0 N–H and O–H groups in total. The van der Waals surface area contributed by atoms with Gasteiger partial charge < -0.3 is 9.47 Å². The van der Waals surface area contributed by atoms with Crippen molar-refractivity contribution in [3.63, 3.8) is 0 Å². The Labute approximate surface area is 95.2 Å². The standard InChI is InChI=1S/C13H16NO2/c1-9-10-7-5-6-8-11(10)12(15-3)13(16-4)14(9)2/h5-8H,1-4H3/q+1. The van der Waals surface area contributed by atoms with E-state index in [-0.39, 0.29) is 0 Å². The highest BCUT2D eigenvalue weighted by Gasteiger charge is 2.22. The van der Waals surface area contributed by atoms with Crippen molar-refractivity contribution in [3.05, 3.63) is 30.0 Å². The van der Waals surface area contributed by atoms with Gasteiger partial charge in [0.2, 0.25) is 5.75 Å². The van der Waals surface area contributed by atoms with E-state index in [1.807, 2.05) is 29.8 Å². The molecule has 16 heavy (non-hydrogen) atoms. The monoisotopic (exact) mass is 218 g/mol. The van der Waals surface area contributed by atoms with E-state index < -0.39 is 0 Å². The van der Waals surface area contributed by atoms with Gasteiger partial charge in [0.15, 0.2) is 5.69 Å². The Morgan fingerprint density at radius 1 is 1.00 bits per heavy atom. The van der Waals surface area contributed by atoms with E-state index >= 15 is 0 Å². The van der Waals surface area contributed by atoms with Gasteiger partial charge in [-0.25, -0.2) is 0 Å². The Morgan fingerprint density at radius 2 is 1.62 bits per heavy atom. The number of fused-ring (bicyclic) bond motifs is 1. The number of methoxy groups -OCH3 is 2. The fourth-order valence-corrected chi connectivity index (χ4v) is 2.02. The van der Waals surface area contributed by atoms with Gasteiger partial charge in [0.1, 0.15) is 7.05 Å². The number of hydrogen-bond acceptors (Lipinski definition) is 2. The molecule has 84 valence electrons. The summed E-state index contributed by atoms with van der Waals surface area (Å²) >= 11 is 0. The molecular weight excluding hydrogens is 202 g/mol. The number of rotatable bonds is 2. The van der Waals surface area contributed by atoms with Crippen LogP contribution in [0.5, 0.6) is 11.6 Å². The molecule has 0 amide bonds. The average Bonchev–Trinajstić information content (AvgIpc) is 2.33. The quantitative estimate of drug-likeness (QED) is 0.719. The maximum atomic E-state index is 5.44. The lowest BCUT2D eigenvalue weighted by Gasteiger charge is -2.10. The van der Waals surface area contributed by atoms with E-state index in [0.29, 0.717) is 0 Å². The van der Waals surface area contributed by atoms with Gasteiger partial charge in [0.05, 0.1) is 19.6 Å². The van der Waals surface area contributed by atoms with Crippen LogP contribution in [0.2, 0.25) is 0 Å². The molecule has 0 atom stereocenters. The predicted octanol–water partition coefficient (Wildman–Crippen LogP) is 1.99. The Morgan fingerprint density at radius 3 is 2.19 bits per heavy atom. The lowest BCUT2D eigenvalue weighted by Crippen LogP contribution is -2.34. The van der Waals surface area contributed by atoms with E-state index in [9.17, 15) is 0 Å². The molecular formula is C13H16NO2+. The van der Waals surface area contributed by atoms with Gasteiger partial charge in [0.25, 0.3) is 0 Å². The molecule has 2 rings (SSSR count). The first kappa shape index (κ1) is 10.7. The summed E-state index contributed by atoms with van der Waals surface area (Å²) in [6.07, 6.45) is 0. The number of nitrogens with zero attached hydrogens (tertiary/aromatic N) is 1. The number of pyridine rings is 1. The van der Waals surface area contributed by atoms with Crippen molar-refractivity contribution in [2.75, 3.05) is 14.2 Å². The summed E-state index contributed by atoms with van der Waals surface area (Å²) in [7, 11) is 5.30. The van der Waals surface area contributed by atoms with E-state index in [2.05, 4.69) is 13.0 Å². The van der Waals surface area contributed by atoms with Crippen LogP contribution in [0.15, 0.2) is 24.3 Å². The molecule has 0 aliphatic heterocycles. The van der Waals surface area contributed by atoms with Crippen molar-refractivity contribution >= 4 is 10.8 Å². The zero-order chi connectivity index (χ0) is 11.7. The van der Waals surface area contributed by atoms with Gasteiger partial charge in [-0.05, 0) is 6.07 Å². The van der Waals surface area contributed by atoms with Crippen molar-refractivity contribution in [2.45, 2.75) is 6.92 Å². The Bertz CT molecular complexity index is 535. The lowest BCUT2D eigenvalue weighted by molar-refractivity contribution is -0.681. The second-order valence-electron chi connectivity index (χ2n) is 3.73. The molecule has 1 heterocycles. The van der Waals surface area contributed by atoms with Crippen LogP contribution in [0.1, 0.15) is 5.69 Å². The smallest absolute Gasteiger partial charge is 0.411 e. The Kier molecular flexibility index (Phi) is 2.69. The third-order valence-corrected chi connectivity index (χ3v) is 2.96. The van der Waals surface area contributed by atoms with Crippen LogP contribution in [-0.2, 0) is 7.05 Å². The minimum absolute atomic E-state index is 0.749. The summed E-state index contributed by atoms with van der Waals surface area (Å²) in [5, 5.41) is 2.26. The molecule has 0 aliphatic carbocycles. The van der Waals surface area contributed by atoms with Crippen LogP contribution in [0.25, 0.3) is 10.8 Å². The van der Waals surface area contributed by atoms with Crippen molar-refractivity contribution in [1.29, 1.82) is 0 Å². The molecule has 1 aromatic carbocycles. The first-order valence-electron chi connectivity index (χ1n) is 5.20. The SMILES string of the molecule is COc1c(OC)[n+](C)c(C)c2ccccc12. The minimum Gasteiger partial charge on any atom is -0.487 e. The van der Waals surface area contributed by atoms with Crippen molar-refractivity contribution in [1.82, 2.24) is 0 Å². The van der Waals surface area contributed by atoms with Gasteiger partial charge in [-0.2, -0.15) is 4.57 Å². The van der Waals surface area contributed by atoms with E-state index in [1.165, 1.54) is 5.39 Å². The fourth-order valence-electron chi connectivity index (χ4n) is 2.02. The highest BCUT2D eigenvalue weighted by atomic mass is 16.5. The molecule has 0 saturated carbocycles. The summed E-state index contributed by atoms with van der Waals surface area (Å²) < 4.78 is 12.8. The summed E-state index contributed by atoms with van der Waals surface area (Å²) in [5.41, 5.74) is 1.16. The highest BCUT2D eigenvalue weighted by molar-refractivity contribution is 5.90. The van der Waals surface area contributed by atoms with Gasteiger partial charge in [-0.1, -0.05) is 18.2 Å². The molecule has 0 aliphatic rings. The summed E-state index contributed by atoms with van der Waals surface area (Å²) in [4.78, 5) is 0. The third-order valence-electron chi connectivity index (χ3n) is 2.96. The normalized spacial score (nSPS) is 10.5. The van der Waals surface area contributed by atoms with E-state index in [0.717, 1.165) is 22.7 Å². The molecule has 0 bridgehead atoms. The number of aryl methyl sites for hydroxylation is 1. The maximum Gasteiger partial charge on any atom is 0.411 e. The van der Waals surface area contributed by atoms with Crippen LogP contribution in [-0.4, -0.2) is 14.2 Å². The predicted molar refractivity (Wildman–Crippen MR) is 63.0 cm³/mol. The van der Waals surface area contributed by atoms with Gasteiger partial charge in [0, 0.05) is 12.3 Å². The number of benzene rings is 1. The molecule has 0 fully saturated rings.